The molecule has 0 bridgehead atoms. The number of hydrogen-bond acceptors (Lipinski definition) is 7. The van der Waals surface area contributed by atoms with Crippen LogP contribution in [0.3, 0.4) is 0 Å². The number of benzene rings is 2. The van der Waals surface area contributed by atoms with Gasteiger partial charge in [-0.3, -0.25) is 14.9 Å². The summed E-state index contributed by atoms with van der Waals surface area (Å²) in [6.45, 7) is 0. The number of nitrogens with zero attached hydrogens (tertiary/aromatic N) is 1. The van der Waals surface area contributed by atoms with Gasteiger partial charge in [0.05, 0.1) is 21.8 Å². The van der Waals surface area contributed by atoms with Crippen LogP contribution >= 0.6 is 0 Å². The van der Waals surface area contributed by atoms with E-state index in [1.165, 1.54) is 6.07 Å². The average molecular weight is 389 g/mol. The van der Waals surface area contributed by atoms with Gasteiger partial charge in [0.25, 0.3) is 5.69 Å². The first-order valence-corrected chi connectivity index (χ1v) is 8.06. The Kier molecular flexibility index (Phi) is 3.87. The molecule has 26 heavy (non-hydrogen) atoms. The van der Waals surface area contributed by atoms with Crippen LogP contribution in [0, 0.1) is 10.1 Å². The van der Waals surface area contributed by atoms with Crippen molar-refractivity contribution in [1.29, 1.82) is 0 Å². The number of halogens is 3. The Morgan fingerprint density at radius 2 is 1.62 bits per heavy atom. The van der Waals surface area contributed by atoms with E-state index in [9.17, 15) is 36.5 Å². The van der Waals surface area contributed by atoms with Crippen molar-refractivity contribution in [2.75, 3.05) is 0 Å². The van der Waals surface area contributed by atoms with Crippen molar-refractivity contribution in [3.05, 3.63) is 56.7 Å². The molecule has 0 aliphatic rings. The fourth-order valence-corrected chi connectivity index (χ4v) is 2.61. The summed E-state index contributed by atoms with van der Waals surface area (Å²) in [5, 5.41) is 10.7. The largest absolute Gasteiger partial charge is 0.534 e. The number of non-ortho nitro benzene ring substituents is 1. The van der Waals surface area contributed by atoms with Crippen LogP contribution < -0.4 is 9.61 Å². The van der Waals surface area contributed by atoms with Gasteiger partial charge >= 0.3 is 15.6 Å². The fraction of sp³-hybridized carbons (Fsp3) is 0.0714. The molecule has 0 radical (unpaired) electrons. The van der Waals surface area contributed by atoms with E-state index < -0.39 is 31.7 Å². The lowest BCUT2D eigenvalue weighted by molar-refractivity contribution is -0.384. The summed E-state index contributed by atoms with van der Waals surface area (Å²) in [5.41, 5.74) is -7.08. The molecule has 3 aromatic rings. The Labute approximate surface area is 141 Å². The van der Waals surface area contributed by atoms with Gasteiger partial charge in [-0.15, -0.1) is 0 Å². The molecule has 0 unspecified atom stereocenters. The standard InChI is InChI=1S/C14H6F3NO7S/c15-14(16,17)26(22,23)25-8-2-4-10-12(6-8)24-11-5-7(18(20)21)1-3-9(11)13(10)19/h1-6H. The molecule has 1 heterocycles. The van der Waals surface area contributed by atoms with Crippen LogP contribution in [0.4, 0.5) is 18.9 Å². The molecular weight excluding hydrogens is 383 g/mol. The van der Waals surface area contributed by atoms with E-state index >= 15 is 0 Å². The Morgan fingerprint density at radius 1 is 1.04 bits per heavy atom. The fourth-order valence-electron chi connectivity index (χ4n) is 2.16. The third-order valence-electron chi connectivity index (χ3n) is 3.33. The molecule has 0 spiro atoms. The molecule has 1 aromatic heterocycles. The summed E-state index contributed by atoms with van der Waals surface area (Å²) >= 11 is 0. The predicted molar refractivity (Wildman–Crippen MR) is 82.2 cm³/mol. The zero-order valence-electron chi connectivity index (χ0n) is 12.3. The third-order valence-corrected chi connectivity index (χ3v) is 4.31. The molecule has 0 N–H and O–H groups in total. The van der Waals surface area contributed by atoms with Gasteiger partial charge in [0.1, 0.15) is 16.9 Å². The molecule has 0 atom stereocenters. The lowest BCUT2D eigenvalue weighted by Crippen LogP contribution is -2.28. The first-order chi connectivity index (χ1) is 12.0. The van der Waals surface area contributed by atoms with Crippen molar-refractivity contribution < 1.29 is 35.1 Å². The molecule has 0 amide bonds. The Morgan fingerprint density at radius 3 is 2.19 bits per heavy atom. The van der Waals surface area contributed by atoms with Crippen LogP contribution in [0.2, 0.25) is 0 Å². The van der Waals surface area contributed by atoms with Crippen molar-refractivity contribution in [2.24, 2.45) is 0 Å². The van der Waals surface area contributed by atoms with E-state index in [1.54, 1.807) is 0 Å². The number of nitro benzene ring substituents is 1. The maximum atomic E-state index is 12.4. The quantitative estimate of drug-likeness (QED) is 0.222. The van der Waals surface area contributed by atoms with Gasteiger partial charge in [0.15, 0.2) is 0 Å². The SMILES string of the molecule is O=c1c2ccc(OS(=O)(=O)C(F)(F)F)cc2oc2cc([N+](=O)[O-])ccc12. The highest BCUT2D eigenvalue weighted by Crippen LogP contribution is 2.29. The summed E-state index contributed by atoms with van der Waals surface area (Å²) < 4.78 is 68.5. The minimum Gasteiger partial charge on any atom is -0.455 e. The second kappa shape index (κ2) is 5.69. The van der Waals surface area contributed by atoms with Gasteiger partial charge in [-0.25, -0.2) is 0 Å². The molecule has 0 aliphatic heterocycles. The zero-order valence-corrected chi connectivity index (χ0v) is 13.1. The summed E-state index contributed by atoms with van der Waals surface area (Å²) in [6.07, 6.45) is 0. The molecule has 3 rings (SSSR count). The number of hydrogen-bond donors (Lipinski definition) is 0. The van der Waals surface area contributed by atoms with Crippen molar-refractivity contribution in [3.63, 3.8) is 0 Å². The van der Waals surface area contributed by atoms with Crippen molar-refractivity contribution in [1.82, 2.24) is 0 Å². The second-order valence-electron chi connectivity index (χ2n) is 5.01. The minimum atomic E-state index is -5.90. The number of fused-ring (bicyclic) bond motifs is 2. The highest BCUT2D eigenvalue weighted by Gasteiger charge is 2.48. The molecule has 0 fully saturated rings. The van der Waals surface area contributed by atoms with E-state index in [-0.39, 0.29) is 27.6 Å². The molecule has 0 saturated carbocycles. The monoisotopic (exact) mass is 389 g/mol. The van der Waals surface area contributed by atoms with Crippen LogP contribution in [0.1, 0.15) is 0 Å². The normalized spacial score (nSPS) is 12.4. The van der Waals surface area contributed by atoms with Crippen LogP contribution in [0.5, 0.6) is 5.75 Å². The van der Waals surface area contributed by atoms with Crippen LogP contribution in [0.15, 0.2) is 45.6 Å². The minimum absolute atomic E-state index is 0.0136. The number of nitro groups is 1. The summed E-state index contributed by atoms with van der Waals surface area (Å²) in [5.74, 6) is -0.734. The highest BCUT2D eigenvalue weighted by molar-refractivity contribution is 7.88. The maximum absolute atomic E-state index is 12.4. The average Bonchev–Trinajstić information content (AvgIpc) is 2.52. The van der Waals surface area contributed by atoms with E-state index in [0.29, 0.717) is 0 Å². The summed E-state index contributed by atoms with van der Waals surface area (Å²) in [7, 11) is -5.90. The molecule has 0 saturated heterocycles. The first kappa shape index (κ1) is 17.7. The Balaban J connectivity index is 2.19. The zero-order chi connectivity index (χ0) is 19.3. The molecule has 2 aromatic carbocycles. The Hall–Kier alpha value is -3.15. The van der Waals surface area contributed by atoms with Crippen LogP contribution in [0.25, 0.3) is 21.9 Å². The van der Waals surface area contributed by atoms with Gasteiger partial charge in [0, 0.05) is 12.1 Å². The van der Waals surface area contributed by atoms with Gasteiger partial charge in [-0.1, -0.05) is 0 Å². The van der Waals surface area contributed by atoms with Crippen molar-refractivity contribution in [2.45, 2.75) is 5.51 Å². The van der Waals surface area contributed by atoms with Crippen LogP contribution in [-0.4, -0.2) is 18.8 Å². The smallest absolute Gasteiger partial charge is 0.455 e. The van der Waals surface area contributed by atoms with E-state index in [4.69, 9.17) is 4.42 Å². The molecule has 0 aliphatic carbocycles. The van der Waals surface area contributed by atoms with Gasteiger partial charge in [-0.05, 0) is 18.2 Å². The topological polar surface area (TPSA) is 117 Å². The lowest BCUT2D eigenvalue weighted by atomic mass is 10.1. The Bertz CT molecular complexity index is 1210. The maximum Gasteiger partial charge on any atom is 0.534 e. The van der Waals surface area contributed by atoms with E-state index in [2.05, 4.69) is 4.18 Å². The molecule has 8 nitrogen and oxygen atoms in total. The van der Waals surface area contributed by atoms with Gasteiger partial charge in [-0.2, -0.15) is 21.6 Å². The van der Waals surface area contributed by atoms with Crippen molar-refractivity contribution >= 4 is 37.7 Å². The highest BCUT2D eigenvalue weighted by atomic mass is 32.2. The first-order valence-electron chi connectivity index (χ1n) is 6.65. The van der Waals surface area contributed by atoms with E-state index in [1.807, 2.05) is 0 Å². The van der Waals surface area contributed by atoms with E-state index in [0.717, 1.165) is 30.3 Å². The number of rotatable bonds is 3. The van der Waals surface area contributed by atoms with Gasteiger partial charge < -0.3 is 8.60 Å². The van der Waals surface area contributed by atoms with Gasteiger partial charge in [0.2, 0.25) is 5.43 Å². The van der Waals surface area contributed by atoms with Crippen LogP contribution in [-0.2, 0) is 10.1 Å². The summed E-state index contributed by atoms with van der Waals surface area (Å²) in [4.78, 5) is 22.4. The number of alkyl halides is 3. The molecular formula is C14H6F3NO7S. The summed E-state index contributed by atoms with van der Waals surface area (Å²) in [6, 6.07) is 5.91. The molecule has 136 valence electrons. The third kappa shape index (κ3) is 2.94. The van der Waals surface area contributed by atoms with Crippen molar-refractivity contribution in [3.8, 4) is 5.75 Å². The lowest BCUT2D eigenvalue weighted by Gasteiger charge is -2.09. The second-order valence-corrected chi connectivity index (χ2v) is 6.55. The predicted octanol–water partition coefficient (Wildman–Crippen LogP) is 3.08. The molecule has 12 heteroatoms.